The summed E-state index contributed by atoms with van der Waals surface area (Å²) in [5.41, 5.74) is 2.13. The number of rotatable bonds is 7. The normalized spacial score (nSPS) is 10.6. The second-order valence-corrected chi connectivity index (χ2v) is 5.71. The highest BCUT2D eigenvalue weighted by atomic mass is 16.5. The smallest absolute Gasteiger partial charge is 0.315 e. The molecule has 0 unspecified atom stereocenters. The first-order valence-electron chi connectivity index (χ1n) is 8.22. The van der Waals surface area contributed by atoms with Gasteiger partial charge in [-0.15, -0.1) is 0 Å². The van der Waals surface area contributed by atoms with Gasteiger partial charge in [-0.2, -0.15) is 4.98 Å². The van der Waals surface area contributed by atoms with Crippen LogP contribution >= 0.6 is 0 Å². The standard InChI is InChI=1S/C18H21N5O2/c1-23-12-6-10-15(23)17-21-16(25-22-17)13-20-18(24)19-11-5-9-14-7-3-2-4-8-14/h2-4,6-8,10,12H,5,9,11,13H2,1H3,(H2,19,20,24). The van der Waals surface area contributed by atoms with Crippen molar-refractivity contribution >= 4 is 6.03 Å². The van der Waals surface area contributed by atoms with Crippen molar-refractivity contribution in [3.8, 4) is 11.5 Å². The van der Waals surface area contributed by atoms with Gasteiger partial charge in [0, 0.05) is 19.8 Å². The summed E-state index contributed by atoms with van der Waals surface area (Å²) in [6.45, 7) is 0.807. The molecule has 0 saturated heterocycles. The monoisotopic (exact) mass is 339 g/mol. The molecule has 2 heterocycles. The molecule has 3 aromatic rings. The van der Waals surface area contributed by atoms with Crippen molar-refractivity contribution in [3.05, 3.63) is 60.1 Å². The molecule has 2 amide bonds. The van der Waals surface area contributed by atoms with Gasteiger partial charge in [0.1, 0.15) is 0 Å². The van der Waals surface area contributed by atoms with E-state index in [1.165, 1.54) is 5.56 Å². The van der Waals surface area contributed by atoms with E-state index in [1.54, 1.807) is 0 Å². The Morgan fingerprint density at radius 2 is 2.00 bits per heavy atom. The van der Waals surface area contributed by atoms with Crippen LogP contribution in [0.1, 0.15) is 17.9 Å². The molecule has 0 spiro atoms. The lowest BCUT2D eigenvalue weighted by atomic mass is 10.1. The minimum Gasteiger partial charge on any atom is -0.348 e. The number of nitrogens with one attached hydrogen (secondary N) is 2. The molecule has 0 radical (unpaired) electrons. The zero-order valence-electron chi connectivity index (χ0n) is 14.1. The first-order valence-corrected chi connectivity index (χ1v) is 8.22. The first-order chi connectivity index (χ1) is 12.2. The molecule has 2 N–H and O–H groups in total. The molecular weight excluding hydrogens is 318 g/mol. The number of amides is 2. The fourth-order valence-electron chi connectivity index (χ4n) is 2.48. The maximum atomic E-state index is 11.8. The molecular formula is C18H21N5O2. The van der Waals surface area contributed by atoms with Crippen molar-refractivity contribution in [3.63, 3.8) is 0 Å². The highest BCUT2D eigenvalue weighted by molar-refractivity contribution is 5.73. The highest BCUT2D eigenvalue weighted by Gasteiger charge is 2.11. The molecule has 7 heteroatoms. The summed E-state index contributed by atoms with van der Waals surface area (Å²) in [5, 5.41) is 9.47. The van der Waals surface area contributed by atoms with Gasteiger partial charge >= 0.3 is 6.03 Å². The van der Waals surface area contributed by atoms with Gasteiger partial charge in [0.2, 0.25) is 11.7 Å². The summed E-state index contributed by atoms with van der Waals surface area (Å²) < 4.78 is 7.06. The molecule has 0 aliphatic carbocycles. The lowest BCUT2D eigenvalue weighted by Gasteiger charge is -2.06. The fourth-order valence-corrected chi connectivity index (χ4v) is 2.48. The van der Waals surface area contributed by atoms with E-state index in [0.717, 1.165) is 18.5 Å². The lowest BCUT2D eigenvalue weighted by molar-refractivity contribution is 0.238. The van der Waals surface area contributed by atoms with E-state index in [-0.39, 0.29) is 12.6 Å². The van der Waals surface area contributed by atoms with Crippen LogP contribution in [0.25, 0.3) is 11.5 Å². The number of hydrogen-bond donors (Lipinski definition) is 2. The molecule has 130 valence electrons. The van der Waals surface area contributed by atoms with Gasteiger partial charge in [-0.1, -0.05) is 35.5 Å². The SMILES string of the molecule is Cn1cccc1-c1noc(CNC(=O)NCCCc2ccccc2)n1. The van der Waals surface area contributed by atoms with E-state index in [9.17, 15) is 4.79 Å². The van der Waals surface area contributed by atoms with Crippen LogP contribution in [0.4, 0.5) is 4.79 Å². The molecule has 1 aromatic carbocycles. The van der Waals surface area contributed by atoms with Crippen molar-refractivity contribution in [1.82, 2.24) is 25.3 Å². The minimum atomic E-state index is -0.244. The molecule has 7 nitrogen and oxygen atoms in total. The van der Waals surface area contributed by atoms with Crippen LogP contribution in [0.15, 0.2) is 53.2 Å². The van der Waals surface area contributed by atoms with Crippen molar-refractivity contribution in [2.45, 2.75) is 19.4 Å². The molecule has 0 aliphatic heterocycles. The van der Waals surface area contributed by atoms with Gasteiger partial charge in [0.05, 0.1) is 12.2 Å². The number of aromatic nitrogens is 3. The van der Waals surface area contributed by atoms with Gasteiger partial charge in [0.25, 0.3) is 0 Å². The van der Waals surface area contributed by atoms with E-state index in [1.807, 2.05) is 48.1 Å². The third kappa shape index (κ3) is 4.69. The molecule has 2 aromatic heterocycles. The molecule has 3 rings (SSSR count). The average molecular weight is 339 g/mol. The lowest BCUT2D eigenvalue weighted by Crippen LogP contribution is -2.35. The zero-order chi connectivity index (χ0) is 17.5. The maximum absolute atomic E-state index is 11.8. The van der Waals surface area contributed by atoms with Crippen molar-refractivity contribution in [1.29, 1.82) is 0 Å². The molecule has 0 aliphatic rings. The van der Waals surface area contributed by atoms with E-state index in [0.29, 0.717) is 18.3 Å². The molecule has 25 heavy (non-hydrogen) atoms. The third-order valence-corrected chi connectivity index (χ3v) is 3.81. The Labute approximate surface area is 146 Å². The number of urea groups is 1. The van der Waals surface area contributed by atoms with Gasteiger partial charge in [-0.25, -0.2) is 4.79 Å². The second-order valence-electron chi connectivity index (χ2n) is 5.71. The van der Waals surface area contributed by atoms with Crippen LogP contribution in [0.2, 0.25) is 0 Å². The second kappa shape index (κ2) is 8.14. The third-order valence-electron chi connectivity index (χ3n) is 3.81. The minimum absolute atomic E-state index is 0.196. The fraction of sp³-hybridized carbons (Fsp3) is 0.278. The Kier molecular flexibility index (Phi) is 5.46. The largest absolute Gasteiger partial charge is 0.348 e. The van der Waals surface area contributed by atoms with Gasteiger partial charge in [0.15, 0.2) is 0 Å². The van der Waals surface area contributed by atoms with E-state index in [2.05, 4.69) is 32.9 Å². The number of benzene rings is 1. The van der Waals surface area contributed by atoms with Crippen LogP contribution in [0.3, 0.4) is 0 Å². The Balaban J connectivity index is 1.38. The predicted octanol–water partition coefficient (Wildman–Crippen LogP) is 2.51. The number of aryl methyl sites for hydroxylation is 2. The summed E-state index contributed by atoms with van der Waals surface area (Å²) >= 11 is 0. The molecule has 0 bridgehead atoms. The Morgan fingerprint density at radius 3 is 2.76 bits per heavy atom. The maximum Gasteiger partial charge on any atom is 0.315 e. The molecule has 0 saturated carbocycles. The predicted molar refractivity (Wildman–Crippen MR) is 93.7 cm³/mol. The summed E-state index contributed by atoms with van der Waals surface area (Å²) in [5.74, 6) is 0.878. The summed E-state index contributed by atoms with van der Waals surface area (Å²) in [6, 6.07) is 13.8. The van der Waals surface area contributed by atoms with Crippen molar-refractivity contribution in [2.24, 2.45) is 7.05 Å². The van der Waals surface area contributed by atoms with Crippen molar-refractivity contribution in [2.75, 3.05) is 6.54 Å². The van der Waals surface area contributed by atoms with Gasteiger partial charge in [-0.3, -0.25) is 0 Å². The Bertz CT molecular complexity index is 810. The summed E-state index contributed by atoms with van der Waals surface area (Å²) in [6.07, 6.45) is 3.73. The van der Waals surface area contributed by atoms with Gasteiger partial charge < -0.3 is 19.7 Å². The van der Waals surface area contributed by atoms with Crippen LogP contribution in [-0.2, 0) is 20.0 Å². The molecule has 0 fully saturated rings. The summed E-state index contributed by atoms with van der Waals surface area (Å²) in [7, 11) is 1.91. The van der Waals surface area contributed by atoms with E-state index in [4.69, 9.17) is 4.52 Å². The van der Waals surface area contributed by atoms with E-state index < -0.39 is 0 Å². The zero-order valence-corrected chi connectivity index (χ0v) is 14.1. The Morgan fingerprint density at radius 1 is 1.16 bits per heavy atom. The van der Waals surface area contributed by atoms with Gasteiger partial charge in [-0.05, 0) is 30.5 Å². The number of nitrogens with zero attached hydrogens (tertiary/aromatic N) is 3. The van der Waals surface area contributed by atoms with Crippen LogP contribution in [-0.4, -0.2) is 27.3 Å². The topological polar surface area (TPSA) is 85.0 Å². The quantitative estimate of drug-likeness (QED) is 0.648. The average Bonchev–Trinajstić information content (AvgIpc) is 3.26. The first kappa shape index (κ1) is 16.8. The highest BCUT2D eigenvalue weighted by Crippen LogP contribution is 2.15. The van der Waals surface area contributed by atoms with Crippen LogP contribution < -0.4 is 10.6 Å². The number of carbonyl (C=O) groups excluding carboxylic acids is 1. The van der Waals surface area contributed by atoms with Crippen LogP contribution in [0, 0.1) is 0 Å². The Hall–Kier alpha value is -3.09. The van der Waals surface area contributed by atoms with Crippen molar-refractivity contribution < 1.29 is 9.32 Å². The molecule has 0 atom stereocenters. The van der Waals surface area contributed by atoms with Crippen LogP contribution in [0.5, 0.6) is 0 Å². The number of hydrogen-bond acceptors (Lipinski definition) is 4. The summed E-state index contributed by atoms with van der Waals surface area (Å²) in [4.78, 5) is 16.1. The number of carbonyl (C=O) groups is 1. The van der Waals surface area contributed by atoms with E-state index >= 15 is 0 Å².